The summed E-state index contributed by atoms with van der Waals surface area (Å²) in [7, 11) is 0. The molecule has 4 aromatic rings. The zero-order chi connectivity index (χ0) is 21.3. The van der Waals surface area contributed by atoms with Crippen LogP contribution in [0.15, 0.2) is 70.2 Å². The number of aryl methyl sites for hydroxylation is 2. The number of hydrogen-bond acceptors (Lipinski definition) is 4. The summed E-state index contributed by atoms with van der Waals surface area (Å²) in [5.41, 5.74) is 4.09. The van der Waals surface area contributed by atoms with E-state index in [1.54, 1.807) is 18.3 Å². The van der Waals surface area contributed by atoms with Crippen molar-refractivity contribution in [2.75, 3.05) is 5.01 Å². The van der Waals surface area contributed by atoms with E-state index in [-0.39, 0.29) is 11.7 Å². The highest BCUT2D eigenvalue weighted by atomic mass is 79.9. The van der Waals surface area contributed by atoms with Crippen molar-refractivity contribution in [1.29, 1.82) is 0 Å². The third kappa shape index (κ3) is 4.32. The molecule has 4 nitrogen and oxygen atoms in total. The number of benzene rings is 3. The largest absolute Gasteiger partial charge is 0.280 e. The Balaban J connectivity index is 1.77. The first kappa shape index (κ1) is 20.4. The third-order valence-electron chi connectivity index (χ3n) is 4.66. The number of carbonyl (C=O) groups is 1. The van der Waals surface area contributed by atoms with Crippen molar-refractivity contribution in [2.24, 2.45) is 5.10 Å². The summed E-state index contributed by atoms with van der Waals surface area (Å²) in [5, 5.41) is 6.09. The highest BCUT2D eigenvalue weighted by Gasteiger charge is 2.21. The van der Waals surface area contributed by atoms with Crippen molar-refractivity contribution >= 4 is 54.7 Å². The van der Waals surface area contributed by atoms with Crippen LogP contribution in [0.2, 0.25) is 0 Å². The van der Waals surface area contributed by atoms with Crippen molar-refractivity contribution in [3.63, 3.8) is 0 Å². The lowest BCUT2D eigenvalue weighted by atomic mass is 10.1. The fourth-order valence-electron chi connectivity index (χ4n) is 2.84. The number of halogens is 2. The standard InChI is InChI=1S/C23H17BrFN3OS/c1-14-3-6-17(11-15(14)2)22(29)28(26-13-16-4-7-18(24)8-5-16)23-27-20-10-9-19(25)12-21(20)30-23/h3-13H,1-2H3/b26-13+. The van der Waals surface area contributed by atoms with Crippen LogP contribution in [-0.2, 0) is 0 Å². The van der Waals surface area contributed by atoms with Crippen molar-refractivity contribution in [3.8, 4) is 0 Å². The maximum Gasteiger partial charge on any atom is 0.280 e. The Morgan fingerprint density at radius 3 is 2.57 bits per heavy atom. The summed E-state index contributed by atoms with van der Waals surface area (Å²) in [4.78, 5) is 17.8. The van der Waals surface area contributed by atoms with Crippen LogP contribution < -0.4 is 5.01 Å². The van der Waals surface area contributed by atoms with Gasteiger partial charge in [0.1, 0.15) is 5.82 Å². The number of thiazole rings is 1. The fourth-order valence-corrected chi connectivity index (χ4v) is 4.05. The van der Waals surface area contributed by atoms with Gasteiger partial charge >= 0.3 is 0 Å². The summed E-state index contributed by atoms with van der Waals surface area (Å²) in [6.07, 6.45) is 1.61. The minimum atomic E-state index is -0.344. The van der Waals surface area contributed by atoms with Gasteiger partial charge in [-0.15, -0.1) is 0 Å². The van der Waals surface area contributed by atoms with Gasteiger partial charge in [0.05, 0.1) is 16.4 Å². The highest BCUT2D eigenvalue weighted by molar-refractivity contribution is 9.10. The maximum atomic E-state index is 13.6. The summed E-state index contributed by atoms with van der Waals surface area (Å²) in [6, 6.07) is 17.5. The smallest absolute Gasteiger partial charge is 0.267 e. The Kier molecular flexibility index (Phi) is 5.74. The Morgan fingerprint density at radius 2 is 1.83 bits per heavy atom. The normalized spacial score (nSPS) is 11.3. The monoisotopic (exact) mass is 481 g/mol. The van der Waals surface area contributed by atoms with Crippen LogP contribution in [0.25, 0.3) is 10.2 Å². The molecule has 7 heteroatoms. The number of hydrazone groups is 1. The Morgan fingerprint density at radius 1 is 1.07 bits per heavy atom. The minimum absolute atomic E-state index is 0.300. The molecule has 0 saturated heterocycles. The predicted molar refractivity (Wildman–Crippen MR) is 124 cm³/mol. The first-order valence-corrected chi connectivity index (χ1v) is 10.8. The van der Waals surface area contributed by atoms with Crippen LogP contribution in [0.1, 0.15) is 27.0 Å². The number of rotatable bonds is 4. The van der Waals surface area contributed by atoms with E-state index in [1.807, 2.05) is 50.2 Å². The van der Waals surface area contributed by atoms with Gasteiger partial charge in [0.15, 0.2) is 0 Å². The third-order valence-corrected chi connectivity index (χ3v) is 6.18. The quantitative estimate of drug-likeness (QED) is 0.246. The molecule has 1 aromatic heterocycles. The number of carbonyl (C=O) groups excluding carboxylic acids is 1. The van der Waals surface area contributed by atoms with Gasteiger partial charge < -0.3 is 0 Å². The van der Waals surface area contributed by atoms with Crippen molar-refractivity contribution in [3.05, 3.63) is 93.2 Å². The van der Waals surface area contributed by atoms with E-state index in [2.05, 4.69) is 26.0 Å². The van der Waals surface area contributed by atoms with Crippen molar-refractivity contribution in [2.45, 2.75) is 13.8 Å². The van der Waals surface area contributed by atoms with Crippen LogP contribution in [0, 0.1) is 19.7 Å². The van der Waals surface area contributed by atoms with Crippen molar-refractivity contribution < 1.29 is 9.18 Å². The van der Waals surface area contributed by atoms with E-state index in [0.29, 0.717) is 20.9 Å². The molecular formula is C23H17BrFN3OS. The molecule has 0 unspecified atom stereocenters. The first-order valence-electron chi connectivity index (χ1n) is 9.18. The van der Waals surface area contributed by atoms with Gasteiger partial charge in [0.2, 0.25) is 5.13 Å². The molecule has 0 fully saturated rings. The van der Waals surface area contributed by atoms with E-state index >= 15 is 0 Å². The van der Waals surface area contributed by atoms with Crippen LogP contribution >= 0.6 is 27.3 Å². The van der Waals surface area contributed by atoms with E-state index < -0.39 is 0 Å². The molecule has 3 aromatic carbocycles. The van der Waals surface area contributed by atoms with Crippen LogP contribution in [0.5, 0.6) is 0 Å². The average Bonchev–Trinajstić information content (AvgIpc) is 3.14. The average molecular weight is 482 g/mol. The molecule has 0 radical (unpaired) electrons. The Labute approximate surface area is 185 Å². The summed E-state index contributed by atoms with van der Waals surface area (Å²) in [5.74, 6) is -0.644. The molecule has 0 aliphatic heterocycles. The Hall–Kier alpha value is -2.90. The van der Waals surface area contributed by atoms with Gasteiger partial charge in [0, 0.05) is 10.0 Å². The fraction of sp³-hybridized carbons (Fsp3) is 0.0870. The van der Waals surface area contributed by atoms with Gasteiger partial charge in [-0.3, -0.25) is 4.79 Å². The number of anilines is 1. The molecule has 0 spiro atoms. The molecule has 0 aliphatic rings. The molecule has 150 valence electrons. The summed E-state index contributed by atoms with van der Waals surface area (Å²) in [6.45, 7) is 3.96. The number of amides is 1. The number of fused-ring (bicyclic) bond motifs is 1. The lowest BCUT2D eigenvalue weighted by molar-refractivity contribution is 0.0987. The molecule has 30 heavy (non-hydrogen) atoms. The number of aromatic nitrogens is 1. The van der Waals surface area contributed by atoms with Gasteiger partial charge in [-0.25, -0.2) is 9.37 Å². The molecule has 1 heterocycles. The molecule has 0 N–H and O–H groups in total. The Bertz CT molecular complexity index is 1270. The van der Waals surface area contributed by atoms with Gasteiger partial charge in [-0.1, -0.05) is 45.5 Å². The van der Waals surface area contributed by atoms with E-state index in [0.717, 1.165) is 21.2 Å². The molecule has 0 saturated carbocycles. The zero-order valence-corrected chi connectivity index (χ0v) is 18.7. The van der Waals surface area contributed by atoms with Crippen LogP contribution in [-0.4, -0.2) is 17.1 Å². The molecule has 1 amide bonds. The van der Waals surface area contributed by atoms with Crippen LogP contribution in [0.3, 0.4) is 0 Å². The zero-order valence-electron chi connectivity index (χ0n) is 16.3. The second-order valence-corrected chi connectivity index (χ2v) is 8.75. The number of hydrogen-bond donors (Lipinski definition) is 0. The van der Waals surface area contributed by atoms with E-state index in [1.165, 1.54) is 28.5 Å². The second-order valence-electron chi connectivity index (χ2n) is 6.82. The lowest BCUT2D eigenvalue weighted by Crippen LogP contribution is -2.25. The molecular weight excluding hydrogens is 465 g/mol. The van der Waals surface area contributed by atoms with Gasteiger partial charge in [-0.05, 0) is 73.0 Å². The molecule has 0 bridgehead atoms. The second kappa shape index (κ2) is 8.45. The first-order chi connectivity index (χ1) is 14.4. The van der Waals surface area contributed by atoms with Crippen molar-refractivity contribution in [1.82, 2.24) is 4.98 Å². The summed E-state index contributed by atoms with van der Waals surface area (Å²) >= 11 is 4.63. The number of nitrogens with zero attached hydrogens (tertiary/aromatic N) is 3. The molecule has 0 atom stereocenters. The molecule has 4 rings (SSSR count). The van der Waals surface area contributed by atoms with E-state index in [4.69, 9.17) is 0 Å². The topological polar surface area (TPSA) is 45.6 Å². The van der Waals surface area contributed by atoms with Gasteiger partial charge in [0.25, 0.3) is 5.91 Å². The SMILES string of the molecule is Cc1ccc(C(=O)N(/N=C/c2ccc(Br)cc2)c2nc3ccc(F)cc3s2)cc1C. The molecule has 0 aliphatic carbocycles. The van der Waals surface area contributed by atoms with E-state index in [9.17, 15) is 9.18 Å². The van der Waals surface area contributed by atoms with Crippen LogP contribution in [0.4, 0.5) is 9.52 Å². The predicted octanol–water partition coefficient (Wildman–Crippen LogP) is 6.50. The highest BCUT2D eigenvalue weighted by Crippen LogP contribution is 2.30. The maximum absolute atomic E-state index is 13.6. The van der Waals surface area contributed by atoms with Gasteiger partial charge in [-0.2, -0.15) is 10.1 Å². The lowest BCUT2D eigenvalue weighted by Gasteiger charge is -2.14. The minimum Gasteiger partial charge on any atom is -0.267 e. The summed E-state index contributed by atoms with van der Waals surface area (Å²) < 4.78 is 15.2.